The number of hydrogen-bond donors (Lipinski definition) is 2. The molecule has 1 atom stereocenters. The Morgan fingerprint density at radius 1 is 1.30 bits per heavy atom. The lowest BCUT2D eigenvalue weighted by molar-refractivity contribution is 0.0944. The molecule has 20 heavy (non-hydrogen) atoms. The molecule has 1 heterocycles. The van der Waals surface area contributed by atoms with Crippen LogP contribution in [0, 0.1) is 5.92 Å². The third-order valence-corrected chi connectivity index (χ3v) is 4.50. The molecule has 0 spiro atoms. The largest absolute Gasteiger partial charge is 0.397 e. The summed E-state index contributed by atoms with van der Waals surface area (Å²) in [5.41, 5.74) is 6.59. The van der Waals surface area contributed by atoms with E-state index >= 15 is 0 Å². The van der Waals surface area contributed by atoms with E-state index in [9.17, 15) is 4.79 Å². The van der Waals surface area contributed by atoms with Crippen LogP contribution in [-0.2, 0) is 0 Å². The van der Waals surface area contributed by atoms with Crippen molar-refractivity contribution in [1.82, 2.24) is 0 Å². The Hall–Kier alpha value is -1.03. The molecule has 0 fully saturated rings. The second kappa shape index (κ2) is 8.30. The lowest BCUT2D eigenvalue weighted by Gasteiger charge is -2.17. The van der Waals surface area contributed by atoms with Gasteiger partial charge in [-0.2, -0.15) is 0 Å². The molecule has 1 aromatic rings. The molecule has 0 bridgehead atoms. The van der Waals surface area contributed by atoms with Crippen molar-refractivity contribution in [2.75, 3.05) is 11.1 Å². The van der Waals surface area contributed by atoms with Crippen LogP contribution in [0.15, 0.2) is 6.07 Å². The second-order valence-electron chi connectivity index (χ2n) is 5.69. The van der Waals surface area contributed by atoms with Gasteiger partial charge in [0.1, 0.15) is 0 Å². The zero-order chi connectivity index (χ0) is 15.1. The fourth-order valence-electron chi connectivity index (χ4n) is 2.22. The fraction of sp³-hybridized carbons (Fsp3) is 0.688. The van der Waals surface area contributed by atoms with Crippen LogP contribution in [-0.4, -0.2) is 11.8 Å². The molecule has 3 nitrogen and oxygen atoms in total. The first-order valence-electron chi connectivity index (χ1n) is 7.69. The highest BCUT2D eigenvalue weighted by Gasteiger charge is 2.18. The van der Waals surface area contributed by atoms with Crippen LogP contribution in [0.5, 0.6) is 0 Å². The number of nitrogens with one attached hydrogen (secondary N) is 1. The number of hydrogen-bond acceptors (Lipinski definition) is 4. The average Bonchev–Trinajstić information content (AvgIpc) is 2.76. The van der Waals surface area contributed by atoms with Crippen LogP contribution in [0.1, 0.15) is 69.5 Å². The fourth-order valence-corrected chi connectivity index (χ4v) is 3.36. The van der Waals surface area contributed by atoms with Crippen LogP contribution in [0.3, 0.4) is 0 Å². The topological polar surface area (TPSA) is 55.1 Å². The van der Waals surface area contributed by atoms with Crippen molar-refractivity contribution in [3.8, 4) is 0 Å². The van der Waals surface area contributed by atoms with Gasteiger partial charge >= 0.3 is 0 Å². The maximum absolute atomic E-state index is 12.1. The highest BCUT2D eigenvalue weighted by Crippen LogP contribution is 2.32. The summed E-state index contributed by atoms with van der Waals surface area (Å²) < 4.78 is 0. The summed E-state index contributed by atoms with van der Waals surface area (Å²) in [6.07, 6.45) is 5.95. The molecule has 0 saturated heterocycles. The molecule has 0 radical (unpaired) electrons. The van der Waals surface area contributed by atoms with E-state index in [-0.39, 0.29) is 11.7 Å². The van der Waals surface area contributed by atoms with Crippen molar-refractivity contribution in [2.45, 2.75) is 65.8 Å². The standard InChI is InChI=1S/C16H28N2OS/c1-5-7-9-12(8-6-2)18-14-10-13(17)16(20-14)15(19)11(3)4/h10-12,18H,5-9,17H2,1-4H3. The summed E-state index contributed by atoms with van der Waals surface area (Å²) >= 11 is 1.50. The van der Waals surface area contributed by atoms with E-state index in [0.717, 1.165) is 11.4 Å². The minimum atomic E-state index is -0.00432. The van der Waals surface area contributed by atoms with E-state index in [1.54, 1.807) is 0 Å². The quantitative estimate of drug-likeness (QED) is 0.635. The van der Waals surface area contributed by atoms with Crippen LogP contribution in [0.25, 0.3) is 0 Å². The summed E-state index contributed by atoms with van der Waals surface area (Å²) in [6.45, 7) is 8.24. The third-order valence-electron chi connectivity index (χ3n) is 3.40. The molecule has 114 valence electrons. The van der Waals surface area contributed by atoms with Gasteiger partial charge in [-0.15, -0.1) is 11.3 Å². The third kappa shape index (κ3) is 4.82. The van der Waals surface area contributed by atoms with Crippen molar-refractivity contribution < 1.29 is 4.79 Å². The van der Waals surface area contributed by atoms with Gasteiger partial charge in [0.25, 0.3) is 0 Å². The monoisotopic (exact) mass is 296 g/mol. The van der Waals surface area contributed by atoms with Gasteiger partial charge in [-0.25, -0.2) is 0 Å². The zero-order valence-electron chi connectivity index (χ0n) is 13.2. The Balaban J connectivity index is 2.76. The SMILES string of the molecule is CCCCC(CCC)Nc1cc(N)c(C(=O)C(C)C)s1. The Morgan fingerprint density at radius 2 is 2.00 bits per heavy atom. The number of Topliss-reactive ketones (excluding diaryl/α,β-unsaturated/α-hetero) is 1. The molecule has 0 aliphatic carbocycles. The summed E-state index contributed by atoms with van der Waals surface area (Å²) in [4.78, 5) is 12.8. The summed E-state index contributed by atoms with van der Waals surface area (Å²) in [5.74, 6) is 0.136. The molecular formula is C16H28N2OS. The molecule has 1 aromatic heterocycles. The normalized spacial score (nSPS) is 12.7. The predicted molar refractivity (Wildman–Crippen MR) is 89.7 cm³/mol. The lowest BCUT2D eigenvalue weighted by atomic mass is 10.1. The van der Waals surface area contributed by atoms with E-state index in [1.165, 1.54) is 37.0 Å². The van der Waals surface area contributed by atoms with Crippen LogP contribution < -0.4 is 11.1 Å². The summed E-state index contributed by atoms with van der Waals surface area (Å²) in [7, 11) is 0. The number of carbonyl (C=O) groups excluding carboxylic acids is 1. The van der Waals surface area contributed by atoms with Gasteiger partial charge in [-0.3, -0.25) is 4.79 Å². The van der Waals surface area contributed by atoms with E-state index in [0.29, 0.717) is 16.6 Å². The number of unbranched alkanes of at least 4 members (excludes halogenated alkanes) is 1. The number of thiophene rings is 1. The van der Waals surface area contributed by atoms with Gasteiger partial charge in [0.15, 0.2) is 5.78 Å². The Kier molecular flexibility index (Phi) is 7.06. The van der Waals surface area contributed by atoms with E-state index in [2.05, 4.69) is 19.2 Å². The molecule has 0 aliphatic rings. The first-order chi connectivity index (χ1) is 9.49. The second-order valence-corrected chi connectivity index (χ2v) is 6.74. The van der Waals surface area contributed by atoms with E-state index < -0.39 is 0 Å². The van der Waals surface area contributed by atoms with Gasteiger partial charge in [0.05, 0.1) is 15.6 Å². The molecule has 0 amide bonds. The first kappa shape index (κ1) is 17.0. The number of ketones is 1. The van der Waals surface area contributed by atoms with Crippen molar-refractivity contribution in [2.24, 2.45) is 5.92 Å². The minimum absolute atomic E-state index is 0.00432. The van der Waals surface area contributed by atoms with Crippen LogP contribution >= 0.6 is 11.3 Å². The van der Waals surface area contributed by atoms with Crippen molar-refractivity contribution >= 4 is 27.8 Å². The van der Waals surface area contributed by atoms with Crippen LogP contribution in [0.4, 0.5) is 10.7 Å². The molecule has 4 heteroatoms. The molecule has 1 rings (SSSR count). The van der Waals surface area contributed by atoms with Gasteiger partial charge in [0, 0.05) is 12.0 Å². The maximum atomic E-state index is 12.1. The van der Waals surface area contributed by atoms with E-state index in [4.69, 9.17) is 5.73 Å². The number of rotatable bonds is 9. The van der Waals surface area contributed by atoms with Gasteiger partial charge in [-0.05, 0) is 18.9 Å². The number of nitrogen functional groups attached to an aromatic ring is 1. The van der Waals surface area contributed by atoms with Crippen molar-refractivity contribution in [1.29, 1.82) is 0 Å². The summed E-state index contributed by atoms with van der Waals surface area (Å²) in [5, 5.41) is 4.58. The van der Waals surface area contributed by atoms with Gasteiger partial charge in [0.2, 0.25) is 0 Å². The molecule has 0 saturated carbocycles. The zero-order valence-corrected chi connectivity index (χ0v) is 14.0. The Bertz CT molecular complexity index is 426. The van der Waals surface area contributed by atoms with Gasteiger partial charge in [-0.1, -0.05) is 47.0 Å². The molecular weight excluding hydrogens is 268 g/mol. The maximum Gasteiger partial charge on any atom is 0.177 e. The highest BCUT2D eigenvalue weighted by molar-refractivity contribution is 7.18. The average molecular weight is 296 g/mol. The van der Waals surface area contributed by atoms with Gasteiger partial charge < -0.3 is 11.1 Å². The molecule has 0 aliphatic heterocycles. The number of anilines is 2. The van der Waals surface area contributed by atoms with Crippen LogP contribution in [0.2, 0.25) is 0 Å². The van der Waals surface area contributed by atoms with Crippen molar-refractivity contribution in [3.05, 3.63) is 10.9 Å². The van der Waals surface area contributed by atoms with E-state index in [1.807, 2.05) is 19.9 Å². The molecule has 0 aromatic carbocycles. The highest BCUT2D eigenvalue weighted by atomic mass is 32.1. The van der Waals surface area contributed by atoms with Crippen molar-refractivity contribution in [3.63, 3.8) is 0 Å². The minimum Gasteiger partial charge on any atom is -0.397 e. The number of carbonyl (C=O) groups is 1. The molecule has 3 N–H and O–H groups in total. The Labute approximate surface area is 127 Å². The smallest absolute Gasteiger partial charge is 0.177 e. The lowest BCUT2D eigenvalue weighted by Crippen LogP contribution is -2.18. The first-order valence-corrected chi connectivity index (χ1v) is 8.51. The molecule has 1 unspecified atom stereocenters. The number of nitrogens with two attached hydrogens (primary N) is 1. The Morgan fingerprint density at radius 3 is 2.55 bits per heavy atom. The predicted octanol–water partition coefficient (Wildman–Crippen LogP) is 4.94. The summed E-state index contributed by atoms with van der Waals surface area (Å²) in [6, 6.07) is 2.40.